The molecule has 0 radical (unpaired) electrons. The maximum Gasteiger partial charge on any atom is 0.271 e. The van der Waals surface area contributed by atoms with Gasteiger partial charge in [-0.3, -0.25) is 9.78 Å². The third-order valence-corrected chi connectivity index (χ3v) is 5.74. The summed E-state index contributed by atoms with van der Waals surface area (Å²) >= 11 is 0. The maximum atomic E-state index is 12.6. The Kier molecular flexibility index (Phi) is 5.20. The highest BCUT2D eigenvalue weighted by atomic mass is 32.2. The average molecular weight is 358 g/mol. The van der Waals surface area contributed by atoms with E-state index in [-0.39, 0.29) is 10.5 Å². The number of amides is 1. The number of carbonyl (C=O) groups is 1. The number of sulfonamides is 1. The number of benzene rings is 1. The van der Waals surface area contributed by atoms with E-state index in [1.54, 1.807) is 30.5 Å². The van der Waals surface area contributed by atoms with Gasteiger partial charge < -0.3 is 0 Å². The summed E-state index contributed by atoms with van der Waals surface area (Å²) in [7, 11) is -3.55. The standard InChI is InChI=1S/C17H18N4O3S/c22-17(20-19-13-15-7-1-2-9-18-15)14-6-5-8-16(12-14)25(23,24)21-10-3-4-11-21/h1-2,5-9,12-13H,3-4,10-11H2,(H,20,22)/b19-13+. The van der Waals surface area contributed by atoms with Crippen molar-refractivity contribution in [2.45, 2.75) is 17.7 Å². The molecule has 0 bridgehead atoms. The van der Waals surface area contributed by atoms with Gasteiger partial charge in [0.25, 0.3) is 5.91 Å². The topological polar surface area (TPSA) is 91.7 Å². The fourth-order valence-corrected chi connectivity index (χ4v) is 4.11. The van der Waals surface area contributed by atoms with Crippen LogP contribution in [-0.4, -0.2) is 42.9 Å². The third-order valence-electron chi connectivity index (χ3n) is 3.85. The van der Waals surface area contributed by atoms with Crippen LogP contribution in [-0.2, 0) is 10.0 Å². The van der Waals surface area contributed by atoms with Crippen LogP contribution in [0.15, 0.2) is 58.7 Å². The smallest absolute Gasteiger partial charge is 0.267 e. The number of carbonyl (C=O) groups excluding carboxylic acids is 1. The molecule has 0 spiro atoms. The average Bonchev–Trinajstić information content (AvgIpc) is 3.18. The normalized spacial score (nSPS) is 15.5. The molecule has 25 heavy (non-hydrogen) atoms. The van der Waals surface area contributed by atoms with E-state index < -0.39 is 15.9 Å². The number of pyridine rings is 1. The second-order valence-corrected chi connectivity index (χ2v) is 7.53. The first kappa shape index (κ1) is 17.2. The van der Waals surface area contributed by atoms with E-state index in [1.165, 1.54) is 22.7 Å². The molecule has 3 rings (SSSR count). The van der Waals surface area contributed by atoms with Gasteiger partial charge in [0, 0.05) is 24.8 Å². The van der Waals surface area contributed by atoms with Gasteiger partial charge in [0.05, 0.1) is 16.8 Å². The molecule has 0 aliphatic carbocycles. The number of aromatic nitrogens is 1. The predicted molar refractivity (Wildman–Crippen MR) is 93.7 cm³/mol. The van der Waals surface area contributed by atoms with Crippen molar-refractivity contribution in [1.29, 1.82) is 0 Å². The van der Waals surface area contributed by atoms with Gasteiger partial charge in [0.1, 0.15) is 0 Å². The fourth-order valence-electron chi connectivity index (χ4n) is 2.55. The number of hydrogen-bond donors (Lipinski definition) is 1. The van der Waals surface area contributed by atoms with Gasteiger partial charge in [0.15, 0.2) is 0 Å². The lowest BCUT2D eigenvalue weighted by Gasteiger charge is -2.15. The van der Waals surface area contributed by atoms with Crippen LogP contribution >= 0.6 is 0 Å². The van der Waals surface area contributed by atoms with Crippen LogP contribution < -0.4 is 5.43 Å². The number of nitrogens with one attached hydrogen (secondary N) is 1. The molecule has 0 atom stereocenters. The maximum absolute atomic E-state index is 12.6. The Morgan fingerprint density at radius 1 is 1.16 bits per heavy atom. The Hall–Kier alpha value is -2.58. The van der Waals surface area contributed by atoms with Crippen LogP contribution in [0.25, 0.3) is 0 Å². The Balaban J connectivity index is 1.72. The minimum absolute atomic E-state index is 0.121. The van der Waals surface area contributed by atoms with Crippen LogP contribution in [0.1, 0.15) is 28.9 Å². The largest absolute Gasteiger partial charge is 0.271 e. The van der Waals surface area contributed by atoms with Crippen LogP contribution in [0.2, 0.25) is 0 Å². The lowest BCUT2D eigenvalue weighted by atomic mass is 10.2. The molecule has 1 aliphatic rings. The van der Waals surface area contributed by atoms with Gasteiger partial charge in [-0.2, -0.15) is 9.41 Å². The molecule has 0 unspecified atom stereocenters. The summed E-state index contributed by atoms with van der Waals surface area (Å²) in [6.07, 6.45) is 4.77. The summed E-state index contributed by atoms with van der Waals surface area (Å²) in [5, 5.41) is 3.84. The zero-order chi connectivity index (χ0) is 17.7. The van der Waals surface area contributed by atoms with Crippen molar-refractivity contribution < 1.29 is 13.2 Å². The lowest BCUT2D eigenvalue weighted by molar-refractivity contribution is 0.0955. The van der Waals surface area contributed by atoms with Gasteiger partial charge in [-0.05, 0) is 43.2 Å². The fraction of sp³-hybridized carbons (Fsp3) is 0.235. The summed E-state index contributed by atoms with van der Waals surface area (Å²) in [4.78, 5) is 16.4. The summed E-state index contributed by atoms with van der Waals surface area (Å²) < 4.78 is 26.6. The van der Waals surface area contributed by atoms with Gasteiger partial charge >= 0.3 is 0 Å². The number of nitrogens with zero attached hydrogens (tertiary/aromatic N) is 3. The lowest BCUT2D eigenvalue weighted by Crippen LogP contribution is -2.28. The third kappa shape index (κ3) is 4.09. The van der Waals surface area contributed by atoms with Crippen molar-refractivity contribution in [2.75, 3.05) is 13.1 Å². The number of rotatable bonds is 5. The van der Waals surface area contributed by atoms with Gasteiger partial charge in [-0.25, -0.2) is 13.8 Å². The molecule has 1 aromatic carbocycles. The minimum Gasteiger partial charge on any atom is -0.267 e. The zero-order valence-electron chi connectivity index (χ0n) is 13.5. The molecule has 2 aromatic rings. The first-order chi connectivity index (χ1) is 12.1. The van der Waals surface area contributed by atoms with Crippen molar-refractivity contribution in [2.24, 2.45) is 5.10 Å². The quantitative estimate of drug-likeness (QED) is 0.649. The van der Waals surface area contributed by atoms with Crippen molar-refractivity contribution in [1.82, 2.24) is 14.7 Å². The summed E-state index contributed by atoms with van der Waals surface area (Å²) in [5.74, 6) is -0.481. The molecule has 1 saturated heterocycles. The van der Waals surface area contributed by atoms with E-state index in [1.807, 2.05) is 6.07 Å². The predicted octanol–water partition coefficient (Wildman–Crippen LogP) is 1.63. The first-order valence-electron chi connectivity index (χ1n) is 7.92. The van der Waals surface area contributed by atoms with E-state index in [4.69, 9.17) is 0 Å². The Morgan fingerprint density at radius 2 is 1.96 bits per heavy atom. The number of hydrazone groups is 1. The van der Waals surface area contributed by atoms with Gasteiger partial charge in [-0.15, -0.1) is 0 Å². The molecule has 2 heterocycles. The summed E-state index contributed by atoms with van der Waals surface area (Å²) in [5.41, 5.74) is 3.22. The molecule has 1 fully saturated rings. The SMILES string of the molecule is O=C(N/N=C/c1ccccn1)c1cccc(S(=O)(=O)N2CCCC2)c1. The van der Waals surface area contributed by atoms with Gasteiger partial charge in [0.2, 0.25) is 10.0 Å². The zero-order valence-corrected chi connectivity index (χ0v) is 14.3. The van der Waals surface area contributed by atoms with Crippen molar-refractivity contribution in [3.8, 4) is 0 Å². The molecule has 1 aliphatic heterocycles. The highest BCUT2D eigenvalue weighted by Gasteiger charge is 2.27. The van der Waals surface area contributed by atoms with E-state index in [2.05, 4.69) is 15.5 Å². The van der Waals surface area contributed by atoms with E-state index >= 15 is 0 Å². The van der Waals surface area contributed by atoms with E-state index in [9.17, 15) is 13.2 Å². The Morgan fingerprint density at radius 3 is 2.68 bits per heavy atom. The molecule has 1 N–H and O–H groups in total. The summed E-state index contributed by atoms with van der Waals surface area (Å²) in [6.45, 7) is 1.04. The Labute approximate surface area is 146 Å². The van der Waals surface area contributed by atoms with E-state index in [0.717, 1.165) is 12.8 Å². The molecule has 0 saturated carbocycles. The Bertz CT molecular complexity index is 876. The first-order valence-corrected chi connectivity index (χ1v) is 9.36. The molecule has 130 valence electrons. The van der Waals surface area contributed by atoms with Crippen LogP contribution in [0.3, 0.4) is 0 Å². The van der Waals surface area contributed by atoms with Crippen molar-refractivity contribution >= 4 is 22.1 Å². The molecule has 8 heteroatoms. The second kappa shape index (κ2) is 7.54. The molecule has 7 nitrogen and oxygen atoms in total. The molecule has 1 aromatic heterocycles. The molecule has 1 amide bonds. The monoisotopic (exact) mass is 358 g/mol. The minimum atomic E-state index is -3.55. The molecular weight excluding hydrogens is 340 g/mol. The van der Waals surface area contributed by atoms with Crippen LogP contribution in [0.5, 0.6) is 0 Å². The van der Waals surface area contributed by atoms with Crippen molar-refractivity contribution in [3.63, 3.8) is 0 Å². The summed E-state index contributed by atoms with van der Waals surface area (Å²) in [6, 6.07) is 11.3. The second-order valence-electron chi connectivity index (χ2n) is 5.59. The molecular formula is C17H18N4O3S. The van der Waals surface area contributed by atoms with Crippen LogP contribution in [0.4, 0.5) is 0 Å². The van der Waals surface area contributed by atoms with E-state index in [0.29, 0.717) is 18.8 Å². The highest BCUT2D eigenvalue weighted by molar-refractivity contribution is 7.89. The highest BCUT2D eigenvalue weighted by Crippen LogP contribution is 2.21. The number of hydrogen-bond acceptors (Lipinski definition) is 5. The van der Waals surface area contributed by atoms with Crippen LogP contribution in [0, 0.1) is 0 Å². The van der Waals surface area contributed by atoms with Gasteiger partial charge in [-0.1, -0.05) is 12.1 Å². The van der Waals surface area contributed by atoms with Crippen molar-refractivity contribution in [3.05, 3.63) is 59.9 Å².